The van der Waals surface area contributed by atoms with Gasteiger partial charge in [-0.1, -0.05) is 19.9 Å². The summed E-state index contributed by atoms with van der Waals surface area (Å²) in [6.07, 6.45) is 3.16. The van der Waals surface area contributed by atoms with E-state index in [4.69, 9.17) is 10.5 Å². The Morgan fingerprint density at radius 1 is 1.41 bits per heavy atom. The lowest BCUT2D eigenvalue weighted by Gasteiger charge is -2.17. The average Bonchev–Trinajstić information content (AvgIpc) is 2.95. The molecular formula is C14H20BrNO. The second-order valence-corrected chi connectivity index (χ2v) is 6.24. The van der Waals surface area contributed by atoms with Gasteiger partial charge in [-0.3, -0.25) is 0 Å². The van der Waals surface area contributed by atoms with Crippen LogP contribution in [-0.2, 0) is 6.42 Å². The van der Waals surface area contributed by atoms with Gasteiger partial charge >= 0.3 is 0 Å². The van der Waals surface area contributed by atoms with Crippen LogP contribution in [0.5, 0.6) is 5.75 Å². The molecule has 2 nitrogen and oxygen atoms in total. The highest BCUT2D eigenvalue weighted by Gasteiger charge is 2.39. The van der Waals surface area contributed by atoms with E-state index in [1.165, 1.54) is 11.1 Å². The van der Waals surface area contributed by atoms with Crippen LogP contribution in [0.1, 0.15) is 43.7 Å². The third kappa shape index (κ3) is 2.83. The molecule has 2 N–H and O–H groups in total. The molecule has 1 saturated carbocycles. The van der Waals surface area contributed by atoms with Gasteiger partial charge in [0.2, 0.25) is 0 Å². The zero-order chi connectivity index (χ0) is 12.6. The van der Waals surface area contributed by atoms with Crippen LogP contribution in [-0.4, -0.2) is 12.6 Å². The third-order valence-electron chi connectivity index (χ3n) is 3.45. The summed E-state index contributed by atoms with van der Waals surface area (Å²) in [6.45, 7) is 4.40. The van der Waals surface area contributed by atoms with Crippen LogP contribution in [0.25, 0.3) is 0 Å². The first-order valence-electron chi connectivity index (χ1n) is 6.10. The summed E-state index contributed by atoms with van der Waals surface area (Å²) >= 11 is 3.59. The highest BCUT2D eigenvalue weighted by atomic mass is 79.9. The molecule has 94 valence electrons. The number of methoxy groups -OCH3 is 1. The van der Waals surface area contributed by atoms with Gasteiger partial charge in [0.05, 0.1) is 11.6 Å². The number of rotatable bonds is 4. The van der Waals surface area contributed by atoms with Crippen molar-refractivity contribution in [3.8, 4) is 5.75 Å². The van der Waals surface area contributed by atoms with Crippen LogP contribution in [0.4, 0.5) is 0 Å². The molecule has 0 saturated heterocycles. The van der Waals surface area contributed by atoms with Crippen molar-refractivity contribution in [2.45, 2.75) is 44.6 Å². The fourth-order valence-corrected chi connectivity index (χ4v) is 2.76. The van der Waals surface area contributed by atoms with Crippen LogP contribution in [0.15, 0.2) is 16.6 Å². The molecule has 1 aromatic rings. The van der Waals surface area contributed by atoms with Gasteiger partial charge in [-0.25, -0.2) is 0 Å². The minimum atomic E-state index is 0.0162. The predicted molar refractivity (Wildman–Crippen MR) is 74.6 cm³/mol. The van der Waals surface area contributed by atoms with Gasteiger partial charge < -0.3 is 10.5 Å². The quantitative estimate of drug-likeness (QED) is 0.921. The van der Waals surface area contributed by atoms with Crippen LogP contribution in [0, 0.1) is 0 Å². The first kappa shape index (κ1) is 12.9. The van der Waals surface area contributed by atoms with E-state index in [0.29, 0.717) is 5.92 Å². The lowest BCUT2D eigenvalue weighted by molar-refractivity contribution is 0.404. The van der Waals surface area contributed by atoms with Crippen molar-refractivity contribution in [1.29, 1.82) is 0 Å². The van der Waals surface area contributed by atoms with E-state index in [2.05, 4.69) is 41.9 Å². The molecule has 2 rings (SSSR count). The zero-order valence-electron chi connectivity index (χ0n) is 10.7. The maximum atomic E-state index is 6.21. The molecule has 17 heavy (non-hydrogen) atoms. The van der Waals surface area contributed by atoms with Gasteiger partial charge in [-0.2, -0.15) is 0 Å². The van der Waals surface area contributed by atoms with Crippen LogP contribution in [0.2, 0.25) is 0 Å². The summed E-state index contributed by atoms with van der Waals surface area (Å²) in [7, 11) is 1.72. The van der Waals surface area contributed by atoms with Crippen molar-refractivity contribution in [3.63, 3.8) is 0 Å². The summed E-state index contributed by atoms with van der Waals surface area (Å²) in [5.41, 5.74) is 8.78. The van der Waals surface area contributed by atoms with Crippen molar-refractivity contribution in [2.75, 3.05) is 7.11 Å². The molecule has 1 aliphatic rings. The van der Waals surface area contributed by atoms with E-state index in [9.17, 15) is 0 Å². The Morgan fingerprint density at radius 2 is 2.06 bits per heavy atom. The number of hydrogen-bond donors (Lipinski definition) is 1. The zero-order valence-corrected chi connectivity index (χ0v) is 12.3. The molecular weight excluding hydrogens is 278 g/mol. The van der Waals surface area contributed by atoms with E-state index in [-0.39, 0.29) is 5.54 Å². The van der Waals surface area contributed by atoms with Crippen LogP contribution >= 0.6 is 15.9 Å². The Labute approximate surface area is 112 Å². The summed E-state index contributed by atoms with van der Waals surface area (Å²) in [4.78, 5) is 0. The monoisotopic (exact) mass is 297 g/mol. The summed E-state index contributed by atoms with van der Waals surface area (Å²) in [6, 6.07) is 4.38. The third-order valence-corrected chi connectivity index (χ3v) is 4.04. The lowest BCUT2D eigenvalue weighted by atomic mass is 9.96. The molecule has 3 heteroatoms. The Bertz CT molecular complexity index is 424. The van der Waals surface area contributed by atoms with Gasteiger partial charge in [0, 0.05) is 5.54 Å². The maximum absolute atomic E-state index is 6.21. The smallest absolute Gasteiger partial charge is 0.136 e. The first-order valence-corrected chi connectivity index (χ1v) is 6.90. The first-order chi connectivity index (χ1) is 7.95. The molecule has 0 heterocycles. The summed E-state index contributed by atoms with van der Waals surface area (Å²) in [5, 5.41) is 0. The van der Waals surface area contributed by atoms with Gasteiger partial charge in [0.15, 0.2) is 0 Å². The number of benzene rings is 1. The molecule has 0 atom stereocenters. The molecule has 0 aromatic heterocycles. The molecule has 0 bridgehead atoms. The predicted octanol–water partition coefficient (Wildman–Crippen LogP) is 3.61. The fraction of sp³-hybridized carbons (Fsp3) is 0.571. The number of nitrogens with two attached hydrogens (primary N) is 1. The largest absolute Gasteiger partial charge is 0.495 e. The maximum Gasteiger partial charge on any atom is 0.136 e. The second kappa shape index (κ2) is 4.62. The van der Waals surface area contributed by atoms with Crippen molar-refractivity contribution in [2.24, 2.45) is 5.73 Å². The number of halogens is 1. The highest BCUT2D eigenvalue weighted by Crippen LogP contribution is 2.41. The van der Waals surface area contributed by atoms with Gasteiger partial charge in [0.25, 0.3) is 0 Å². The van der Waals surface area contributed by atoms with Crippen molar-refractivity contribution in [1.82, 2.24) is 0 Å². The van der Waals surface area contributed by atoms with Gasteiger partial charge in [-0.15, -0.1) is 0 Å². The summed E-state index contributed by atoms with van der Waals surface area (Å²) < 4.78 is 6.51. The minimum Gasteiger partial charge on any atom is -0.495 e. The minimum absolute atomic E-state index is 0.0162. The molecule has 1 fully saturated rings. The molecule has 1 aliphatic carbocycles. The molecule has 0 spiro atoms. The highest BCUT2D eigenvalue weighted by molar-refractivity contribution is 9.10. The number of hydrogen-bond acceptors (Lipinski definition) is 2. The molecule has 0 radical (unpaired) electrons. The van der Waals surface area contributed by atoms with Crippen molar-refractivity contribution < 1.29 is 4.74 Å². The van der Waals surface area contributed by atoms with E-state index >= 15 is 0 Å². The second-order valence-electron chi connectivity index (χ2n) is 5.39. The van der Waals surface area contributed by atoms with Gasteiger partial charge in [-0.05, 0) is 58.3 Å². The Balaban J connectivity index is 2.38. The Morgan fingerprint density at radius 3 is 2.53 bits per heavy atom. The Hall–Kier alpha value is -0.540. The fourth-order valence-electron chi connectivity index (χ4n) is 2.08. The standard InChI is InChI=1S/C14H20BrNO/c1-9(2)10-6-11(8-14(16)4-5-14)13(17-3)12(15)7-10/h6-7,9H,4-5,8,16H2,1-3H3. The molecule has 0 amide bonds. The SMILES string of the molecule is COc1c(Br)cc(C(C)C)cc1CC1(N)CC1. The van der Waals surface area contributed by atoms with E-state index in [1.807, 2.05) is 0 Å². The van der Waals surface area contributed by atoms with E-state index in [1.54, 1.807) is 7.11 Å². The topological polar surface area (TPSA) is 35.2 Å². The molecule has 1 aromatic carbocycles. The van der Waals surface area contributed by atoms with Crippen molar-refractivity contribution >= 4 is 15.9 Å². The van der Waals surface area contributed by atoms with E-state index < -0.39 is 0 Å². The number of ether oxygens (including phenoxy) is 1. The Kier molecular flexibility index (Phi) is 3.50. The lowest BCUT2D eigenvalue weighted by Crippen LogP contribution is -2.24. The molecule has 0 unspecified atom stereocenters. The average molecular weight is 298 g/mol. The summed E-state index contributed by atoms with van der Waals surface area (Å²) in [5.74, 6) is 1.45. The van der Waals surface area contributed by atoms with Crippen LogP contribution < -0.4 is 10.5 Å². The van der Waals surface area contributed by atoms with Gasteiger partial charge in [0.1, 0.15) is 5.75 Å². The van der Waals surface area contributed by atoms with E-state index in [0.717, 1.165) is 29.5 Å². The normalized spacial score (nSPS) is 17.3. The molecule has 0 aliphatic heterocycles. The van der Waals surface area contributed by atoms with Crippen molar-refractivity contribution in [3.05, 3.63) is 27.7 Å². The van der Waals surface area contributed by atoms with Crippen LogP contribution in [0.3, 0.4) is 0 Å².